The molecule has 1 rings (SSSR count). The molecule has 19 heavy (non-hydrogen) atoms. The Labute approximate surface area is 121 Å². The summed E-state index contributed by atoms with van der Waals surface area (Å²) in [6.07, 6.45) is 1.16. The molecule has 108 valence electrons. The third kappa shape index (κ3) is 6.92. The fraction of sp³-hybridized carbons (Fsp3) is 0.600. The van der Waals surface area contributed by atoms with Crippen LogP contribution in [0.1, 0.15) is 31.9 Å². The number of hydrogen-bond acceptors (Lipinski definition) is 3. The molecule has 1 N–H and O–H groups in total. The van der Waals surface area contributed by atoms with E-state index in [9.17, 15) is 0 Å². The van der Waals surface area contributed by atoms with Crippen LogP contribution in [0.3, 0.4) is 0 Å². The quantitative estimate of drug-likeness (QED) is 0.668. The van der Waals surface area contributed by atoms with Crippen LogP contribution >= 0.6 is 11.6 Å². The maximum Gasteiger partial charge on any atom is 0.0950 e. The predicted molar refractivity (Wildman–Crippen MR) is 79.8 cm³/mol. The number of benzene rings is 1. The monoisotopic (exact) mass is 285 g/mol. The van der Waals surface area contributed by atoms with Gasteiger partial charge in [-0.1, -0.05) is 30.7 Å². The number of nitrogens with one attached hydrogen (secondary N) is 1. The van der Waals surface area contributed by atoms with Crippen molar-refractivity contribution >= 4 is 11.6 Å². The van der Waals surface area contributed by atoms with E-state index in [1.807, 2.05) is 31.2 Å². The highest BCUT2D eigenvalue weighted by atomic mass is 35.5. The smallest absolute Gasteiger partial charge is 0.0950 e. The average molecular weight is 286 g/mol. The fourth-order valence-corrected chi connectivity index (χ4v) is 1.88. The first-order chi connectivity index (χ1) is 9.27. The van der Waals surface area contributed by atoms with Gasteiger partial charge in [0.05, 0.1) is 19.3 Å². The molecular formula is C15H24ClNO2. The summed E-state index contributed by atoms with van der Waals surface area (Å²) in [4.78, 5) is 0. The first-order valence-electron chi connectivity index (χ1n) is 6.93. The van der Waals surface area contributed by atoms with Crippen LogP contribution < -0.4 is 5.32 Å². The largest absolute Gasteiger partial charge is 0.379 e. The van der Waals surface area contributed by atoms with Crippen molar-refractivity contribution in [3.63, 3.8) is 0 Å². The van der Waals surface area contributed by atoms with Crippen LogP contribution in [0.2, 0.25) is 5.02 Å². The molecule has 1 aromatic rings. The molecule has 1 aromatic carbocycles. The summed E-state index contributed by atoms with van der Waals surface area (Å²) in [5, 5.41) is 4.14. The number of ether oxygens (including phenoxy) is 2. The lowest BCUT2D eigenvalue weighted by Crippen LogP contribution is -2.25. The summed E-state index contributed by atoms with van der Waals surface area (Å²) >= 11 is 5.91. The molecule has 0 radical (unpaired) electrons. The van der Waals surface area contributed by atoms with E-state index in [1.165, 1.54) is 0 Å². The van der Waals surface area contributed by atoms with Crippen molar-refractivity contribution in [2.45, 2.75) is 26.4 Å². The molecule has 0 spiro atoms. The SMILES string of the molecule is CCCNCC(OCCOCC)c1ccc(Cl)cc1. The van der Waals surface area contributed by atoms with Crippen molar-refractivity contribution in [2.75, 3.05) is 32.9 Å². The predicted octanol–water partition coefficient (Wildman–Crippen LogP) is 3.43. The maximum absolute atomic E-state index is 5.91. The highest BCUT2D eigenvalue weighted by molar-refractivity contribution is 6.30. The Morgan fingerprint density at radius 1 is 1.16 bits per heavy atom. The lowest BCUT2D eigenvalue weighted by atomic mass is 10.1. The number of halogens is 1. The van der Waals surface area contributed by atoms with Gasteiger partial charge in [-0.05, 0) is 37.6 Å². The molecule has 0 aliphatic rings. The van der Waals surface area contributed by atoms with Crippen LogP contribution in [0.25, 0.3) is 0 Å². The second-order valence-electron chi connectivity index (χ2n) is 4.31. The summed E-state index contributed by atoms with van der Waals surface area (Å²) < 4.78 is 11.2. The standard InChI is InChI=1S/C15H24ClNO2/c1-3-9-17-12-15(19-11-10-18-4-2)13-5-7-14(16)8-6-13/h5-8,15,17H,3-4,9-12H2,1-2H3. The van der Waals surface area contributed by atoms with Gasteiger partial charge in [0.15, 0.2) is 0 Å². The minimum atomic E-state index is 0.0456. The zero-order valence-electron chi connectivity index (χ0n) is 11.8. The van der Waals surface area contributed by atoms with E-state index >= 15 is 0 Å². The molecule has 1 atom stereocenters. The van der Waals surface area contributed by atoms with Gasteiger partial charge >= 0.3 is 0 Å². The Hall–Kier alpha value is -0.610. The fourth-order valence-electron chi connectivity index (χ4n) is 1.75. The van der Waals surface area contributed by atoms with E-state index in [1.54, 1.807) is 0 Å². The molecule has 0 heterocycles. The zero-order chi connectivity index (χ0) is 13.9. The molecule has 0 amide bonds. The Balaban J connectivity index is 2.49. The van der Waals surface area contributed by atoms with Crippen LogP contribution in [0, 0.1) is 0 Å². The van der Waals surface area contributed by atoms with E-state index in [4.69, 9.17) is 21.1 Å². The summed E-state index contributed by atoms with van der Waals surface area (Å²) in [5.41, 5.74) is 1.14. The van der Waals surface area contributed by atoms with Crippen LogP contribution in [0.5, 0.6) is 0 Å². The Bertz CT molecular complexity index is 329. The minimum absolute atomic E-state index is 0.0456. The molecule has 0 aliphatic carbocycles. The van der Waals surface area contributed by atoms with Crippen molar-refractivity contribution in [1.29, 1.82) is 0 Å². The third-order valence-corrected chi connectivity index (χ3v) is 3.00. The van der Waals surface area contributed by atoms with Gasteiger partial charge in [-0.15, -0.1) is 0 Å². The molecule has 0 bridgehead atoms. The number of rotatable bonds is 10. The second-order valence-corrected chi connectivity index (χ2v) is 4.75. The normalized spacial score (nSPS) is 12.6. The van der Waals surface area contributed by atoms with Crippen molar-refractivity contribution in [1.82, 2.24) is 5.32 Å². The van der Waals surface area contributed by atoms with E-state index in [0.29, 0.717) is 13.2 Å². The first kappa shape index (κ1) is 16.4. The van der Waals surface area contributed by atoms with Crippen LogP contribution in [-0.4, -0.2) is 32.9 Å². The van der Waals surface area contributed by atoms with Gasteiger partial charge < -0.3 is 14.8 Å². The maximum atomic E-state index is 5.91. The third-order valence-electron chi connectivity index (χ3n) is 2.75. The first-order valence-corrected chi connectivity index (χ1v) is 7.31. The highest BCUT2D eigenvalue weighted by Crippen LogP contribution is 2.19. The Morgan fingerprint density at radius 2 is 1.89 bits per heavy atom. The van der Waals surface area contributed by atoms with E-state index in [0.717, 1.165) is 36.7 Å². The lowest BCUT2D eigenvalue weighted by Gasteiger charge is -2.19. The average Bonchev–Trinajstić information content (AvgIpc) is 2.43. The molecule has 4 heteroatoms. The van der Waals surface area contributed by atoms with Crippen molar-refractivity contribution in [2.24, 2.45) is 0 Å². The van der Waals surface area contributed by atoms with Crippen LogP contribution in [0.15, 0.2) is 24.3 Å². The van der Waals surface area contributed by atoms with Gasteiger partial charge in [0, 0.05) is 18.2 Å². The van der Waals surface area contributed by atoms with Crippen molar-refractivity contribution in [3.8, 4) is 0 Å². The zero-order valence-corrected chi connectivity index (χ0v) is 12.6. The molecule has 1 unspecified atom stereocenters. The van der Waals surface area contributed by atoms with Gasteiger partial charge in [-0.3, -0.25) is 0 Å². The van der Waals surface area contributed by atoms with Gasteiger partial charge in [0.25, 0.3) is 0 Å². The molecule has 0 aromatic heterocycles. The van der Waals surface area contributed by atoms with Crippen LogP contribution in [0.4, 0.5) is 0 Å². The topological polar surface area (TPSA) is 30.5 Å². The summed E-state index contributed by atoms with van der Waals surface area (Å²) in [6, 6.07) is 7.83. The van der Waals surface area contributed by atoms with E-state index in [2.05, 4.69) is 12.2 Å². The van der Waals surface area contributed by atoms with E-state index < -0.39 is 0 Å². The van der Waals surface area contributed by atoms with Gasteiger partial charge in [0.2, 0.25) is 0 Å². The number of hydrogen-bond donors (Lipinski definition) is 1. The molecule has 0 aliphatic heterocycles. The van der Waals surface area contributed by atoms with Gasteiger partial charge in [0.1, 0.15) is 0 Å². The van der Waals surface area contributed by atoms with E-state index in [-0.39, 0.29) is 6.10 Å². The molecule has 0 fully saturated rings. The Kier molecular flexibility index (Phi) is 8.84. The second kappa shape index (κ2) is 10.2. The highest BCUT2D eigenvalue weighted by Gasteiger charge is 2.11. The summed E-state index contributed by atoms with van der Waals surface area (Å²) in [7, 11) is 0. The van der Waals surface area contributed by atoms with Gasteiger partial charge in [-0.25, -0.2) is 0 Å². The molecular weight excluding hydrogens is 262 g/mol. The summed E-state index contributed by atoms with van der Waals surface area (Å²) in [5.74, 6) is 0. The summed E-state index contributed by atoms with van der Waals surface area (Å²) in [6.45, 7) is 7.91. The lowest BCUT2D eigenvalue weighted by molar-refractivity contribution is 0.00695. The molecule has 0 saturated heterocycles. The molecule has 0 saturated carbocycles. The van der Waals surface area contributed by atoms with Crippen molar-refractivity contribution in [3.05, 3.63) is 34.9 Å². The van der Waals surface area contributed by atoms with Crippen LogP contribution in [-0.2, 0) is 9.47 Å². The van der Waals surface area contributed by atoms with Crippen molar-refractivity contribution < 1.29 is 9.47 Å². The molecule has 3 nitrogen and oxygen atoms in total. The minimum Gasteiger partial charge on any atom is -0.379 e. The van der Waals surface area contributed by atoms with Gasteiger partial charge in [-0.2, -0.15) is 0 Å². The Morgan fingerprint density at radius 3 is 2.53 bits per heavy atom.